The molecule has 2 aliphatic rings. The second kappa shape index (κ2) is 10.1. The Morgan fingerprint density at radius 2 is 1.94 bits per heavy atom. The van der Waals surface area contributed by atoms with Gasteiger partial charge in [-0.05, 0) is 45.7 Å². The molecule has 0 spiro atoms. The number of amides is 1. The van der Waals surface area contributed by atoms with Gasteiger partial charge in [-0.15, -0.1) is 0 Å². The minimum absolute atomic E-state index is 0.110. The first kappa shape index (κ1) is 24.5. The lowest BCUT2D eigenvalue weighted by atomic mass is 9.98. The lowest BCUT2D eigenvalue weighted by Gasteiger charge is -2.28. The van der Waals surface area contributed by atoms with E-state index in [0.29, 0.717) is 36.8 Å². The van der Waals surface area contributed by atoms with Crippen LogP contribution >= 0.6 is 0 Å². The van der Waals surface area contributed by atoms with Crippen molar-refractivity contribution in [2.45, 2.75) is 58.4 Å². The summed E-state index contributed by atoms with van der Waals surface area (Å²) in [6.45, 7) is 8.26. The Hall–Kier alpha value is -3.17. The third kappa shape index (κ3) is 4.65. The summed E-state index contributed by atoms with van der Waals surface area (Å²) in [6, 6.07) is 8.03. The molecule has 2 fully saturated rings. The van der Waals surface area contributed by atoms with E-state index in [9.17, 15) is 4.79 Å². The van der Waals surface area contributed by atoms with Crippen molar-refractivity contribution in [2.75, 3.05) is 39.2 Å². The largest absolute Gasteiger partial charge is 0.465 e. The van der Waals surface area contributed by atoms with Crippen molar-refractivity contribution >= 4 is 22.6 Å². The molecule has 1 N–H and O–H groups in total. The maximum absolute atomic E-state index is 13.8. The average molecular weight is 494 g/mol. The van der Waals surface area contributed by atoms with Gasteiger partial charge in [0, 0.05) is 51.4 Å². The SMILES string of the molecule is Cc1nn(C(C)C)c2nc(-c3cccc(OC4CCO4)c3)c(C(=O)N(C)C)c(NC3CCOCC3)c12. The number of hydrogen-bond acceptors (Lipinski definition) is 7. The lowest BCUT2D eigenvalue weighted by Crippen LogP contribution is -2.32. The Balaban J connectivity index is 1.74. The van der Waals surface area contributed by atoms with Crippen molar-refractivity contribution in [3.63, 3.8) is 0 Å². The van der Waals surface area contributed by atoms with Crippen LogP contribution in [0.4, 0.5) is 5.69 Å². The Morgan fingerprint density at radius 1 is 1.19 bits per heavy atom. The van der Waals surface area contributed by atoms with Crippen molar-refractivity contribution in [3.05, 3.63) is 35.5 Å². The average Bonchev–Trinajstić information content (AvgIpc) is 3.18. The summed E-state index contributed by atoms with van der Waals surface area (Å²) < 4.78 is 18.9. The standard InChI is InChI=1S/C27H35N5O4/c1-16(2)32-26-22(17(3)30-32)25(28-19-9-12-34-13-10-19)23(27(33)31(4)5)24(29-26)18-7-6-8-20(15-18)36-21-11-14-35-21/h6-8,15-16,19,21H,9-14H2,1-5H3,(H,28,29). The highest BCUT2D eigenvalue weighted by Gasteiger charge is 2.29. The van der Waals surface area contributed by atoms with Crippen LogP contribution in [-0.4, -0.2) is 71.8 Å². The number of ether oxygens (including phenoxy) is 3. The van der Waals surface area contributed by atoms with Gasteiger partial charge in [0.1, 0.15) is 5.75 Å². The van der Waals surface area contributed by atoms with Crippen LogP contribution in [0, 0.1) is 6.92 Å². The predicted molar refractivity (Wildman–Crippen MR) is 139 cm³/mol. The molecule has 192 valence electrons. The van der Waals surface area contributed by atoms with Crippen LogP contribution in [-0.2, 0) is 9.47 Å². The summed E-state index contributed by atoms with van der Waals surface area (Å²) >= 11 is 0. The first-order chi connectivity index (χ1) is 17.3. The van der Waals surface area contributed by atoms with Crippen LogP contribution in [0.2, 0.25) is 0 Å². The number of aryl methyl sites for hydroxylation is 1. The number of aromatic nitrogens is 3. The molecule has 9 heteroatoms. The Kier molecular flexibility index (Phi) is 6.85. The molecule has 5 rings (SSSR count). The minimum atomic E-state index is -0.227. The number of hydrogen-bond donors (Lipinski definition) is 1. The van der Waals surface area contributed by atoms with Crippen molar-refractivity contribution in [1.82, 2.24) is 19.7 Å². The summed E-state index contributed by atoms with van der Waals surface area (Å²) in [6.07, 6.45) is 2.38. The van der Waals surface area contributed by atoms with E-state index in [-0.39, 0.29) is 24.3 Å². The second-order valence-corrected chi connectivity index (χ2v) is 10.00. The van der Waals surface area contributed by atoms with Gasteiger partial charge < -0.3 is 24.4 Å². The number of nitrogens with one attached hydrogen (secondary N) is 1. The summed E-state index contributed by atoms with van der Waals surface area (Å²) in [4.78, 5) is 20.5. The van der Waals surface area contributed by atoms with Crippen LogP contribution in [0.1, 0.15) is 55.2 Å². The van der Waals surface area contributed by atoms with Gasteiger partial charge in [0.2, 0.25) is 6.29 Å². The zero-order chi connectivity index (χ0) is 25.4. The van der Waals surface area contributed by atoms with Crippen LogP contribution in [0.5, 0.6) is 5.75 Å². The molecular formula is C27H35N5O4. The molecule has 4 heterocycles. The van der Waals surface area contributed by atoms with Gasteiger partial charge in [0.15, 0.2) is 5.65 Å². The highest BCUT2D eigenvalue weighted by Crippen LogP contribution is 2.39. The Bertz CT molecular complexity index is 1260. The quantitative estimate of drug-likeness (QED) is 0.521. The van der Waals surface area contributed by atoms with Crippen LogP contribution in [0.15, 0.2) is 24.3 Å². The summed E-state index contributed by atoms with van der Waals surface area (Å²) in [7, 11) is 3.54. The molecule has 0 saturated carbocycles. The fourth-order valence-corrected chi connectivity index (χ4v) is 4.71. The smallest absolute Gasteiger partial charge is 0.257 e. The minimum Gasteiger partial charge on any atom is -0.465 e. The third-order valence-corrected chi connectivity index (χ3v) is 6.73. The van der Waals surface area contributed by atoms with Crippen molar-refractivity contribution in [1.29, 1.82) is 0 Å². The molecule has 1 amide bonds. The molecule has 9 nitrogen and oxygen atoms in total. The van der Waals surface area contributed by atoms with E-state index >= 15 is 0 Å². The molecule has 36 heavy (non-hydrogen) atoms. The lowest BCUT2D eigenvalue weighted by molar-refractivity contribution is -0.165. The maximum Gasteiger partial charge on any atom is 0.257 e. The topological polar surface area (TPSA) is 90.7 Å². The van der Waals surface area contributed by atoms with Gasteiger partial charge >= 0.3 is 0 Å². The molecule has 2 saturated heterocycles. The van der Waals surface area contributed by atoms with E-state index in [0.717, 1.165) is 47.2 Å². The molecular weight excluding hydrogens is 458 g/mol. The van der Waals surface area contributed by atoms with Gasteiger partial charge in [-0.1, -0.05) is 12.1 Å². The molecule has 1 aromatic carbocycles. The van der Waals surface area contributed by atoms with Gasteiger partial charge in [0.05, 0.1) is 34.6 Å². The monoisotopic (exact) mass is 493 g/mol. The number of nitrogens with zero attached hydrogens (tertiary/aromatic N) is 4. The molecule has 3 aromatic rings. The number of fused-ring (bicyclic) bond motifs is 1. The summed E-state index contributed by atoms with van der Waals surface area (Å²) in [5.41, 5.74) is 4.36. The number of benzene rings is 1. The fraction of sp³-hybridized carbons (Fsp3) is 0.519. The van der Waals surface area contributed by atoms with Gasteiger partial charge in [-0.2, -0.15) is 5.10 Å². The summed E-state index contributed by atoms with van der Waals surface area (Å²) in [5.74, 6) is 0.578. The van der Waals surface area contributed by atoms with E-state index in [1.807, 2.05) is 35.9 Å². The zero-order valence-corrected chi connectivity index (χ0v) is 21.7. The number of pyridine rings is 1. The van der Waals surface area contributed by atoms with E-state index in [1.54, 1.807) is 19.0 Å². The van der Waals surface area contributed by atoms with Crippen LogP contribution < -0.4 is 10.1 Å². The first-order valence-corrected chi connectivity index (χ1v) is 12.7. The van der Waals surface area contributed by atoms with Crippen molar-refractivity contribution in [2.24, 2.45) is 0 Å². The van der Waals surface area contributed by atoms with E-state index in [4.69, 9.17) is 24.3 Å². The van der Waals surface area contributed by atoms with Crippen LogP contribution in [0.3, 0.4) is 0 Å². The number of carbonyl (C=O) groups is 1. The highest BCUT2D eigenvalue weighted by atomic mass is 16.7. The van der Waals surface area contributed by atoms with E-state index < -0.39 is 0 Å². The van der Waals surface area contributed by atoms with E-state index in [2.05, 4.69) is 19.2 Å². The molecule has 2 aromatic heterocycles. The molecule has 0 radical (unpaired) electrons. The second-order valence-electron chi connectivity index (χ2n) is 10.00. The number of anilines is 1. The normalized spacial score (nSPS) is 18.3. The Morgan fingerprint density at radius 3 is 2.58 bits per heavy atom. The number of rotatable bonds is 7. The van der Waals surface area contributed by atoms with Crippen molar-refractivity contribution in [3.8, 4) is 17.0 Å². The molecule has 0 aliphatic carbocycles. The highest BCUT2D eigenvalue weighted by molar-refractivity contribution is 6.12. The zero-order valence-electron chi connectivity index (χ0n) is 21.7. The predicted octanol–water partition coefficient (Wildman–Crippen LogP) is 4.41. The third-order valence-electron chi connectivity index (χ3n) is 6.73. The number of carbonyl (C=O) groups excluding carboxylic acids is 1. The first-order valence-electron chi connectivity index (χ1n) is 12.7. The fourth-order valence-electron chi connectivity index (χ4n) is 4.71. The maximum atomic E-state index is 13.8. The molecule has 1 atom stereocenters. The Labute approximate surface area is 211 Å². The van der Waals surface area contributed by atoms with Gasteiger partial charge in [-0.3, -0.25) is 4.79 Å². The molecule has 1 unspecified atom stereocenters. The molecule has 0 bridgehead atoms. The van der Waals surface area contributed by atoms with Gasteiger partial charge in [0.25, 0.3) is 5.91 Å². The van der Waals surface area contributed by atoms with Gasteiger partial charge in [-0.25, -0.2) is 9.67 Å². The molecule has 2 aliphatic heterocycles. The van der Waals surface area contributed by atoms with E-state index in [1.165, 1.54) is 0 Å². The van der Waals surface area contributed by atoms with Crippen molar-refractivity contribution < 1.29 is 19.0 Å². The summed E-state index contributed by atoms with van der Waals surface area (Å²) in [5, 5.41) is 9.43. The van der Waals surface area contributed by atoms with Crippen LogP contribution in [0.25, 0.3) is 22.3 Å².